The molecule has 8 heteroatoms. The molecule has 0 aliphatic carbocycles. The fourth-order valence-corrected chi connectivity index (χ4v) is 3.16. The van der Waals surface area contributed by atoms with Gasteiger partial charge in [-0.25, -0.2) is 4.79 Å². The van der Waals surface area contributed by atoms with Gasteiger partial charge < -0.3 is 23.7 Å². The minimum Gasteiger partial charge on any atom is -0.497 e. The number of furan rings is 1. The predicted molar refractivity (Wildman–Crippen MR) is 120 cm³/mol. The maximum Gasteiger partial charge on any atom is 0.340 e. The summed E-state index contributed by atoms with van der Waals surface area (Å²) in [5, 5.41) is 6.68. The van der Waals surface area contributed by atoms with Gasteiger partial charge in [-0.1, -0.05) is 29.4 Å². The predicted octanol–water partition coefficient (Wildman–Crippen LogP) is 4.87. The van der Waals surface area contributed by atoms with Crippen molar-refractivity contribution in [2.24, 2.45) is 0 Å². The highest BCUT2D eigenvalue weighted by Crippen LogP contribution is 2.22. The fourth-order valence-electron chi connectivity index (χ4n) is 3.16. The molecule has 0 spiro atoms. The zero-order valence-electron chi connectivity index (χ0n) is 17.9. The maximum atomic E-state index is 12.6. The normalized spacial score (nSPS) is 10.6. The minimum absolute atomic E-state index is 0.0806. The molecule has 0 aliphatic rings. The first-order valence-electron chi connectivity index (χ1n) is 10.3. The molecule has 2 aromatic carbocycles. The van der Waals surface area contributed by atoms with E-state index in [4.69, 9.17) is 18.4 Å². The van der Waals surface area contributed by atoms with Crippen LogP contribution in [0.25, 0.3) is 11.5 Å². The summed E-state index contributed by atoms with van der Waals surface area (Å²) in [5.41, 5.74) is 2.10. The Kier molecular flexibility index (Phi) is 6.84. The summed E-state index contributed by atoms with van der Waals surface area (Å²) in [6.07, 6.45) is 2.36. The number of para-hydroxylation sites is 1. The Labute approximate surface area is 190 Å². The number of rotatable bonds is 9. The van der Waals surface area contributed by atoms with Crippen LogP contribution in [0.3, 0.4) is 0 Å². The highest BCUT2D eigenvalue weighted by molar-refractivity contribution is 6.01. The lowest BCUT2D eigenvalue weighted by Crippen LogP contribution is -2.16. The zero-order valence-corrected chi connectivity index (χ0v) is 17.9. The van der Waals surface area contributed by atoms with Gasteiger partial charge in [0.25, 0.3) is 0 Å². The Balaban J connectivity index is 1.33. The molecular formula is C25H22N2O6. The summed E-state index contributed by atoms with van der Waals surface area (Å²) in [4.78, 5) is 25.1. The number of carbonyl (C=O) groups is 2. The molecule has 0 bridgehead atoms. The quantitative estimate of drug-likeness (QED) is 0.366. The molecule has 0 fully saturated rings. The molecule has 168 valence electrons. The highest BCUT2D eigenvalue weighted by atomic mass is 16.5. The standard InChI is InChI=1S/C25H22N2O6/c1-30-19-11-8-17(9-12-19)10-13-24(28)26-21-6-3-2-5-20(21)25(29)32-16-18-15-23(33-27-18)22-7-4-14-31-22/h2-9,11-12,14-15H,10,13,16H2,1H3,(H,26,28). The monoisotopic (exact) mass is 446 g/mol. The highest BCUT2D eigenvalue weighted by Gasteiger charge is 2.16. The molecule has 33 heavy (non-hydrogen) atoms. The molecule has 2 aromatic heterocycles. The molecule has 0 aliphatic heterocycles. The van der Waals surface area contributed by atoms with E-state index in [0.717, 1.165) is 11.3 Å². The van der Waals surface area contributed by atoms with Gasteiger partial charge in [0, 0.05) is 12.5 Å². The average Bonchev–Trinajstić information content (AvgIpc) is 3.54. The van der Waals surface area contributed by atoms with E-state index >= 15 is 0 Å². The van der Waals surface area contributed by atoms with Crippen molar-refractivity contribution in [1.82, 2.24) is 5.16 Å². The summed E-state index contributed by atoms with van der Waals surface area (Å²) in [7, 11) is 1.61. The van der Waals surface area contributed by atoms with Crippen LogP contribution >= 0.6 is 0 Å². The molecule has 0 saturated carbocycles. The van der Waals surface area contributed by atoms with Gasteiger partial charge in [0.1, 0.15) is 18.1 Å². The Morgan fingerprint density at radius 1 is 1.00 bits per heavy atom. The zero-order chi connectivity index (χ0) is 23.0. The number of aromatic nitrogens is 1. The van der Waals surface area contributed by atoms with E-state index in [2.05, 4.69) is 10.5 Å². The van der Waals surface area contributed by atoms with Crippen molar-refractivity contribution in [3.8, 4) is 17.3 Å². The lowest BCUT2D eigenvalue weighted by Gasteiger charge is -2.10. The number of hydrogen-bond acceptors (Lipinski definition) is 7. The first kappa shape index (κ1) is 21.9. The van der Waals surface area contributed by atoms with Crippen LogP contribution in [0.5, 0.6) is 5.75 Å². The smallest absolute Gasteiger partial charge is 0.340 e. The molecule has 1 N–H and O–H groups in total. The van der Waals surface area contributed by atoms with Crippen LogP contribution in [0.1, 0.15) is 28.0 Å². The largest absolute Gasteiger partial charge is 0.497 e. The second-order valence-corrected chi connectivity index (χ2v) is 7.18. The summed E-state index contributed by atoms with van der Waals surface area (Å²) in [6.45, 7) is -0.0806. The second-order valence-electron chi connectivity index (χ2n) is 7.18. The van der Waals surface area contributed by atoms with Crippen LogP contribution < -0.4 is 10.1 Å². The number of nitrogens with zero attached hydrogens (tertiary/aromatic N) is 1. The van der Waals surface area contributed by atoms with Crippen LogP contribution in [-0.2, 0) is 22.6 Å². The van der Waals surface area contributed by atoms with E-state index in [1.54, 1.807) is 49.6 Å². The number of carbonyl (C=O) groups excluding carboxylic acids is 2. The van der Waals surface area contributed by atoms with Crippen molar-refractivity contribution in [1.29, 1.82) is 0 Å². The molecule has 0 saturated heterocycles. The van der Waals surface area contributed by atoms with Gasteiger partial charge in [-0.15, -0.1) is 0 Å². The number of benzene rings is 2. The summed E-state index contributed by atoms with van der Waals surface area (Å²) in [6, 6.07) is 19.3. The van der Waals surface area contributed by atoms with Crippen molar-refractivity contribution in [2.45, 2.75) is 19.4 Å². The Morgan fingerprint density at radius 3 is 2.58 bits per heavy atom. The minimum atomic E-state index is -0.580. The van der Waals surface area contributed by atoms with Gasteiger partial charge in [0.05, 0.1) is 24.6 Å². The van der Waals surface area contributed by atoms with Crippen molar-refractivity contribution in [2.75, 3.05) is 12.4 Å². The van der Waals surface area contributed by atoms with Crippen LogP contribution in [0.4, 0.5) is 5.69 Å². The average molecular weight is 446 g/mol. The van der Waals surface area contributed by atoms with Crippen LogP contribution in [0.2, 0.25) is 0 Å². The van der Waals surface area contributed by atoms with Crippen molar-refractivity contribution >= 4 is 17.6 Å². The van der Waals surface area contributed by atoms with E-state index in [1.165, 1.54) is 6.26 Å². The molecule has 0 atom stereocenters. The van der Waals surface area contributed by atoms with Crippen molar-refractivity contribution < 1.29 is 28.0 Å². The number of methoxy groups -OCH3 is 1. The molecular weight excluding hydrogens is 424 g/mol. The summed E-state index contributed by atoms with van der Waals surface area (Å²) >= 11 is 0. The van der Waals surface area contributed by atoms with E-state index in [1.807, 2.05) is 24.3 Å². The Bertz CT molecular complexity index is 1210. The van der Waals surface area contributed by atoms with Gasteiger partial charge in [0.15, 0.2) is 5.76 Å². The van der Waals surface area contributed by atoms with Crippen LogP contribution in [0.15, 0.2) is 81.9 Å². The number of anilines is 1. The molecule has 1 amide bonds. The van der Waals surface area contributed by atoms with Gasteiger partial charge in [0.2, 0.25) is 11.7 Å². The van der Waals surface area contributed by atoms with E-state index in [9.17, 15) is 9.59 Å². The van der Waals surface area contributed by atoms with Gasteiger partial charge in [-0.3, -0.25) is 4.79 Å². The first-order valence-corrected chi connectivity index (χ1v) is 10.3. The SMILES string of the molecule is COc1ccc(CCC(=O)Nc2ccccc2C(=O)OCc2cc(-c3ccco3)on2)cc1. The molecule has 0 unspecified atom stereocenters. The number of esters is 1. The first-order chi connectivity index (χ1) is 16.1. The third-order valence-corrected chi connectivity index (χ3v) is 4.89. The van der Waals surface area contributed by atoms with Crippen LogP contribution in [0, 0.1) is 0 Å². The summed E-state index contributed by atoms with van der Waals surface area (Å²) < 4.78 is 21.0. The molecule has 8 nitrogen and oxygen atoms in total. The maximum absolute atomic E-state index is 12.6. The lowest BCUT2D eigenvalue weighted by atomic mass is 10.1. The van der Waals surface area contributed by atoms with Gasteiger partial charge in [-0.2, -0.15) is 0 Å². The number of hydrogen-bond donors (Lipinski definition) is 1. The van der Waals surface area contributed by atoms with E-state index in [-0.39, 0.29) is 24.5 Å². The number of amides is 1. The van der Waals surface area contributed by atoms with Crippen molar-refractivity contribution in [3.05, 3.63) is 89.8 Å². The summed E-state index contributed by atoms with van der Waals surface area (Å²) in [5.74, 6) is 0.950. The molecule has 0 radical (unpaired) electrons. The third-order valence-electron chi connectivity index (χ3n) is 4.89. The Morgan fingerprint density at radius 2 is 1.82 bits per heavy atom. The lowest BCUT2D eigenvalue weighted by molar-refractivity contribution is -0.116. The third kappa shape index (κ3) is 5.68. The molecule has 4 rings (SSSR count). The fraction of sp³-hybridized carbons (Fsp3) is 0.160. The topological polar surface area (TPSA) is 104 Å². The Hall–Kier alpha value is -4.33. The van der Waals surface area contributed by atoms with Gasteiger partial charge in [-0.05, 0) is 48.4 Å². The van der Waals surface area contributed by atoms with E-state index in [0.29, 0.717) is 29.3 Å². The van der Waals surface area contributed by atoms with Crippen LogP contribution in [-0.4, -0.2) is 24.1 Å². The van der Waals surface area contributed by atoms with Gasteiger partial charge >= 0.3 is 5.97 Å². The second kappa shape index (κ2) is 10.3. The molecule has 2 heterocycles. The molecule has 4 aromatic rings. The number of aryl methyl sites for hydroxylation is 1. The van der Waals surface area contributed by atoms with Crippen molar-refractivity contribution in [3.63, 3.8) is 0 Å². The number of nitrogens with one attached hydrogen (secondary N) is 1. The van der Waals surface area contributed by atoms with E-state index < -0.39 is 5.97 Å². The number of ether oxygens (including phenoxy) is 2.